The number of aliphatic hydroxyl groups is 1. The molecule has 2 fully saturated rings. The van der Waals surface area contributed by atoms with Crippen LogP contribution in [0.1, 0.15) is 39.5 Å². The van der Waals surface area contributed by atoms with Crippen LogP contribution in [0.5, 0.6) is 0 Å². The Kier molecular flexibility index (Phi) is 6.83. The Morgan fingerprint density at radius 1 is 1.33 bits per heavy atom. The fourth-order valence-corrected chi connectivity index (χ4v) is 4.38. The third-order valence-corrected chi connectivity index (χ3v) is 5.72. The van der Waals surface area contributed by atoms with E-state index in [4.69, 9.17) is 0 Å². The summed E-state index contributed by atoms with van der Waals surface area (Å²) in [7, 11) is 0. The second kappa shape index (κ2) is 8.39. The van der Waals surface area contributed by atoms with Gasteiger partial charge in [0.2, 0.25) is 5.91 Å². The first kappa shape index (κ1) is 17.1. The van der Waals surface area contributed by atoms with Crippen LogP contribution in [0.2, 0.25) is 0 Å². The molecule has 0 saturated carbocycles. The van der Waals surface area contributed by atoms with Crippen molar-refractivity contribution in [2.45, 2.75) is 51.6 Å². The first-order valence-electron chi connectivity index (χ1n) is 8.33. The van der Waals surface area contributed by atoms with Gasteiger partial charge in [-0.15, -0.1) is 0 Å². The molecule has 5 heteroatoms. The summed E-state index contributed by atoms with van der Waals surface area (Å²) in [6.45, 7) is 6.24. The third kappa shape index (κ3) is 5.15. The molecule has 0 unspecified atom stereocenters. The number of aliphatic hydroxyl groups excluding tert-OH is 1. The highest BCUT2D eigenvalue weighted by Gasteiger charge is 2.30. The van der Waals surface area contributed by atoms with Crippen molar-refractivity contribution in [3.63, 3.8) is 0 Å². The molecule has 2 heterocycles. The fourth-order valence-electron chi connectivity index (χ4n) is 3.22. The lowest BCUT2D eigenvalue weighted by Gasteiger charge is -2.35. The van der Waals surface area contributed by atoms with Crippen molar-refractivity contribution in [2.24, 2.45) is 11.8 Å². The van der Waals surface area contributed by atoms with Crippen LogP contribution >= 0.6 is 11.8 Å². The first-order valence-corrected chi connectivity index (χ1v) is 9.49. The number of thioether (sulfide) groups is 1. The summed E-state index contributed by atoms with van der Waals surface area (Å²) in [5.41, 5.74) is 0. The van der Waals surface area contributed by atoms with Crippen molar-refractivity contribution in [1.29, 1.82) is 0 Å². The van der Waals surface area contributed by atoms with Gasteiger partial charge in [0.15, 0.2) is 0 Å². The normalized spacial score (nSPS) is 25.5. The largest absolute Gasteiger partial charge is 0.396 e. The number of carbonyl (C=O) groups is 1. The molecule has 2 atom stereocenters. The van der Waals surface area contributed by atoms with Crippen LogP contribution in [0.15, 0.2) is 0 Å². The Morgan fingerprint density at radius 2 is 2.05 bits per heavy atom. The van der Waals surface area contributed by atoms with Gasteiger partial charge in [0.1, 0.15) is 0 Å². The number of nitrogens with zero attached hydrogens (tertiary/aromatic N) is 1. The van der Waals surface area contributed by atoms with E-state index in [1.807, 2.05) is 16.7 Å². The summed E-state index contributed by atoms with van der Waals surface area (Å²) in [6, 6.07) is 0.469. The van der Waals surface area contributed by atoms with Crippen molar-refractivity contribution in [3.8, 4) is 0 Å². The molecule has 2 rings (SSSR count). The minimum Gasteiger partial charge on any atom is -0.396 e. The smallest absolute Gasteiger partial charge is 0.239 e. The number of rotatable bonds is 6. The summed E-state index contributed by atoms with van der Waals surface area (Å²) >= 11 is 1.98. The minimum atomic E-state index is -0.0284. The van der Waals surface area contributed by atoms with E-state index in [0.29, 0.717) is 17.9 Å². The van der Waals surface area contributed by atoms with Crippen molar-refractivity contribution >= 4 is 17.7 Å². The molecule has 0 aromatic heterocycles. The number of nitrogens with one attached hydrogen (secondary N) is 1. The maximum atomic E-state index is 12.8. The van der Waals surface area contributed by atoms with Crippen LogP contribution in [0.3, 0.4) is 0 Å². The Labute approximate surface area is 133 Å². The third-order valence-electron chi connectivity index (χ3n) is 4.56. The van der Waals surface area contributed by atoms with E-state index >= 15 is 0 Å². The molecule has 2 aliphatic rings. The molecule has 0 aromatic rings. The predicted molar refractivity (Wildman–Crippen MR) is 88.5 cm³/mol. The highest BCUT2D eigenvalue weighted by atomic mass is 32.2. The molecule has 2 N–H and O–H groups in total. The van der Waals surface area contributed by atoms with Gasteiger partial charge in [0.25, 0.3) is 0 Å². The topological polar surface area (TPSA) is 52.6 Å². The van der Waals surface area contributed by atoms with Crippen LogP contribution in [-0.2, 0) is 4.79 Å². The van der Waals surface area contributed by atoms with Gasteiger partial charge in [-0.2, -0.15) is 11.8 Å². The zero-order valence-corrected chi connectivity index (χ0v) is 14.2. The van der Waals surface area contributed by atoms with Gasteiger partial charge < -0.3 is 15.3 Å². The SMILES string of the molecule is CC(C)C[C@@H](N[C@@H]1CCSC1)C(=O)N1CCC(CO)CC1. The number of carbonyl (C=O) groups excluding carboxylic acids is 1. The highest BCUT2D eigenvalue weighted by Crippen LogP contribution is 2.21. The summed E-state index contributed by atoms with van der Waals surface area (Å²) in [4.78, 5) is 14.8. The lowest BCUT2D eigenvalue weighted by atomic mass is 9.96. The molecule has 0 radical (unpaired) electrons. The van der Waals surface area contributed by atoms with Crippen molar-refractivity contribution in [3.05, 3.63) is 0 Å². The monoisotopic (exact) mass is 314 g/mol. The van der Waals surface area contributed by atoms with Gasteiger partial charge in [0.05, 0.1) is 6.04 Å². The molecule has 0 aromatic carbocycles. The van der Waals surface area contributed by atoms with Crippen LogP contribution < -0.4 is 5.32 Å². The number of piperidine rings is 1. The van der Waals surface area contributed by atoms with Gasteiger partial charge >= 0.3 is 0 Å². The van der Waals surface area contributed by atoms with Gasteiger partial charge in [-0.25, -0.2) is 0 Å². The quantitative estimate of drug-likeness (QED) is 0.784. The first-order chi connectivity index (χ1) is 10.1. The number of likely N-dealkylation sites (tertiary alicyclic amines) is 1. The Balaban J connectivity index is 1.90. The Morgan fingerprint density at radius 3 is 2.57 bits per heavy atom. The average molecular weight is 314 g/mol. The lowest BCUT2D eigenvalue weighted by Crippen LogP contribution is -2.52. The molecular formula is C16H30N2O2S. The van der Waals surface area contributed by atoms with Crippen molar-refractivity contribution in [1.82, 2.24) is 10.2 Å². The van der Waals surface area contributed by atoms with Gasteiger partial charge in [-0.3, -0.25) is 4.79 Å². The van der Waals surface area contributed by atoms with E-state index in [1.165, 1.54) is 12.2 Å². The predicted octanol–water partition coefficient (Wildman–Crippen LogP) is 1.73. The lowest BCUT2D eigenvalue weighted by molar-refractivity contribution is -0.135. The number of hydrogen-bond acceptors (Lipinski definition) is 4. The molecule has 0 spiro atoms. The summed E-state index contributed by atoms with van der Waals surface area (Å²) in [6.07, 6.45) is 3.98. The summed E-state index contributed by atoms with van der Waals surface area (Å²) in [5.74, 6) is 3.53. The van der Waals surface area contributed by atoms with Crippen LogP contribution in [-0.4, -0.2) is 59.2 Å². The molecule has 2 aliphatic heterocycles. The van der Waals surface area contributed by atoms with E-state index in [2.05, 4.69) is 19.2 Å². The zero-order chi connectivity index (χ0) is 15.2. The molecule has 2 saturated heterocycles. The Bertz CT molecular complexity index is 324. The fraction of sp³-hybridized carbons (Fsp3) is 0.938. The van der Waals surface area contributed by atoms with Gasteiger partial charge in [-0.05, 0) is 43.3 Å². The molecule has 0 aliphatic carbocycles. The number of amides is 1. The van der Waals surface area contributed by atoms with Gasteiger partial charge in [0, 0.05) is 31.5 Å². The van der Waals surface area contributed by atoms with Crippen LogP contribution in [0.25, 0.3) is 0 Å². The molecule has 4 nitrogen and oxygen atoms in total. The molecular weight excluding hydrogens is 284 g/mol. The summed E-state index contributed by atoms with van der Waals surface area (Å²) < 4.78 is 0. The van der Waals surface area contributed by atoms with Crippen LogP contribution in [0.4, 0.5) is 0 Å². The maximum absolute atomic E-state index is 12.8. The average Bonchev–Trinajstić information content (AvgIpc) is 2.98. The van der Waals surface area contributed by atoms with Gasteiger partial charge in [-0.1, -0.05) is 13.8 Å². The second-order valence-corrected chi connectivity index (χ2v) is 8.01. The summed E-state index contributed by atoms with van der Waals surface area (Å²) in [5, 5.41) is 12.8. The van der Waals surface area contributed by atoms with Crippen LogP contribution in [0, 0.1) is 11.8 Å². The van der Waals surface area contributed by atoms with E-state index < -0.39 is 0 Å². The van der Waals surface area contributed by atoms with Crippen molar-refractivity contribution in [2.75, 3.05) is 31.2 Å². The van der Waals surface area contributed by atoms with E-state index in [0.717, 1.165) is 38.1 Å². The van der Waals surface area contributed by atoms with Crippen molar-refractivity contribution < 1.29 is 9.90 Å². The minimum absolute atomic E-state index is 0.0284. The second-order valence-electron chi connectivity index (χ2n) is 6.86. The zero-order valence-electron chi connectivity index (χ0n) is 13.4. The molecule has 122 valence electrons. The standard InChI is InChI=1S/C16H30N2O2S/c1-12(2)9-15(17-14-5-8-21-11-14)16(20)18-6-3-13(10-19)4-7-18/h12-15,17,19H,3-11H2,1-2H3/t14-,15-/m1/s1. The van der Waals surface area contributed by atoms with E-state index in [-0.39, 0.29) is 18.6 Å². The number of hydrogen-bond donors (Lipinski definition) is 2. The van der Waals surface area contributed by atoms with E-state index in [9.17, 15) is 9.90 Å². The molecule has 0 bridgehead atoms. The molecule has 1 amide bonds. The Hall–Kier alpha value is -0.260. The molecule has 21 heavy (non-hydrogen) atoms. The highest BCUT2D eigenvalue weighted by molar-refractivity contribution is 7.99. The maximum Gasteiger partial charge on any atom is 0.239 e. The van der Waals surface area contributed by atoms with E-state index in [1.54, 1.807) is 0 Å².